The summed E-state index contributed by atoms with van der Waals surface area (Å²) in [5.41, 5.74) is 0. The second-order valence-corrected chi connectivity index (χ2v) is 9.83. The van der Waals surface area contributed by atoms with Gasteiger partial charge in [0.2, 0.25) is 15.9 Å². The van der Waals surface area contributed by atoms with Gasteiger partial charge in [0, 0.05) is 25.6 Å². The molecule has 3 heterocycles. The molecule has 0 atom stereocenters. The Hall–Kier alpha value is -0.960. The Bertz CT molecular complexity index is 647. The highest BCUT2D eigenvalue weighted by Crippen LogP contribution is 2.21. The van der Waals surface area contributed by atoms with E-state index in [1.165, 1.54) is 24.2 Å². The summed E-state index contributed by atoms with van der Waals surface area (Å²) < 4.78 is 27.7. The topological polar surface area (TPSA) is 78.5 Å². The summed E-state index contributed by atoms with van der Waals surface area (Å²) in [6, 6.07) is 3.27. The van der Waals surface area contributed by atoms with E-state index >= 15 is 0 Å². The van der Waals surface area contributed by atoms with Crippen molar-refractivity contribution < 1.29 is 13.2 Å². The van der Waals surface area contributed by atoms with E-state index in [2.05, 4.69) is 10.0 Å². The molecule has 2 N–H and O–H groups in total. The number of carbonyl (C=O) groups excluding carboxylic acids is 1. The molecule has 0 radical (unpaired) electrons. The number of hydrogen-bond acceptors (Lipinski definition) is 5. The van der Waals surface area contributed by atoms with Crippen LogP contribution in [0.15, 0.2) is 21.7 Å². The van der Waals surface area contributed by atoms with Gasteiger partial charge in [-0.2, -0.15) is 0 Å². The summed E-state index contributed by atoms with van der Waals surface area (Å²) in [6.45, 7) is 3.41. The van der Waals surface area contributed by atoms with E-state index in [-0.39, 0.29) is 11.9 Å². The Morgan fingerprint density at radius 3 is 2.60 bits per heavy atom. The van der Waals surface area contributed by atoms with Crippen LogP contribution in [0.5, 0.6) is 0 Å². The third-order valence-electron chi connectivity index (χ3n) is 5.15. The minimum absolute atomic E-state index is 0.0828. The zero-order chi connectivity index (χ0) is 17.7. The molecule has 2 fully saturated rings. The van der Waals surface area contributed by atoms with Crippen molar-refractivity contribution in [3.63, 3.8) is 0 Å². The molecule has 2 saturated heterocycles. The van der Waals surface area contributed by atoms with Crippen molar-refractivity contribution in [2.24, 2.45) is 5.92 Å². The Morgan fingerprint density at radius 2 is 1.96 bits per heavy atom. The first kappa shape index (κ1) is 18.8. The number of nitrogens with zero attached hydrogens (tertiary/aromatic N) is 1. The smallest absolute Gasteiger partial charge is 0.250 e. The lowest BCUT2D eigenvalue weighted by atomic mass is 9.93. The van der Waals surface area contributed by atoms with E-state index in [0.717, 1.165) is 19.5 Å². The van der Waals surface area contributed by atoms with E-state index in [0.29, 0.717) is 42.5 Å². The van der Waals surface area contributed by atoms with Crippen LogP contribution in [-0.4, -0.2) is 51.4 Å². The molecule has 8 heteroatoms. The second kappa shape index (κ2) is 8.62. The number of thiophene rings is 1. The van der Waals surface area contributed by atoms with Gasteiger partial charge in [0.1, 0.15) is 4.21 Å². The average molecular weight is 386 g/mol. The molecule has 0 aliphatic carbocycles. The van der Waals surface area contributed by atoms with Crippen LogP contribution in [0, 0.1) is 5.92 Å². The van der Waals surface area contributed by atoms with Crippen molar-refractivity contribution in [2.45, 2.75) is 48.8 Å². The van der Waals surface area contributed by atoms with Gasteiger partial charge >= 0.3 is 0 Å². The highest BCUT2D eigenvalue weighted by molar-refractivity contribution is 7.91. The number of likely N-dealkylation sites (tertiary alicyclic amines) is 1. The summed E-state index contributed by atoms with van der Waals surface area (Å²) in [7, 11) is -3.42. The quantitative estimate of drug-likeness (QED) is 0.783. The molecule has 1 amide bonds. The van der Waals surface area contributed by atoms with Crippen LogP contribution in [0.25, 0.3) is 0 Å². The van der Waals surface area contributed by atoms with Crippen molar-refractivity contribution in [3.8, 4) is 0 Å². The van der Waals surface area contributed by atoms with Gasteiger partial charge in [-0.25, -0.2) is 13.1 Å². The van der Waals surface area contributed by atoms with Gasteiger partial charge in [-0.1, -0.05) is 6.07 Å². The molecule has 0 saturated carbocycles. The maximum absolute atomic E-state index is 12.4. The summed E-state index contributed by atoms with van der Waals surface area (Å²) in [5, 5.41) is 5.11. The van der Waals surface area contributed by atoms with E-state index in [1.54, 1.807) is 17.5 Å². The number of amides is 1. The molecule has 2 aliphatic rings. The molecule has 1 aromatic heterocycles. The predicted molar refractivity (Wildman–Crippen MR) is 99.1 cm³/mol. The SMILES string of the molecule is O=C(CCC1CCNCC1)N1CCC(NS(=O)(=O)c2cccs2)CC1. The summed E-state index contributed by atoms with van der Waals surface area (Å²) >= 11 is 1.22. The van der Waals surface area contributed by atoms with Crippen LogP contribution in [0.2, 0.25) is 0 Å². The minimum Gasteiger partial charge on any atom is -0.343 e. The zero-order valence-electron chi connectivity index (χ0n) is 14.4. The standard InChI is InChI=1S/C17H27N3O3S2/c21-16(4-3-14-5-9-18-10-6-14)20-11-7-15(8-12-20)19-25(22,23)17-2-1-13-24-17/h1-2,13-15,18-19H,3-12H2. The predicted octanol–water partition coefficient (Wildman–Crippen LogP) is 1.80. The maximum atomic E-state index is 12.4. The number of nitrogens with one attached hydrogen (secondary N) is 2. The maximum Gasteiger partial charge on any atom is 0.250 e. The third-order valence-corrected chi connectivity index (χ3v) is 8.07. The molecule has 0 aromatic carbocycles. The van der Waals surface area contributed by atoms with Crippen LogP contribution >= 0.6 is 11.3 Å². The Balaban J connectivity index is 1.41. The fourth-order valence-electron chi connectivity index (χ4n) is 3.60. The second-order valence-electron chi connectivity index (χ2n) is 6.94. The van der Waals surface area contributed by atoms with Crippen molar-refractivity contribution >= 4 is 27.3 Å². The molecule has 0 unspecified atom stereocenters. The Kier molecular flexibility index (Phi) is 6.49. The van der Waals surface area contributed by atoms with Gasteiger partial charge in [0.15, 0.2) is 0 Å². The highest BCUT2D eigenvalue weighted by atomic mass is 32.2. The first-order valence-corrected chi connectivity index (χ1v) is 11.5. The van der Waals surface area contributed by atoms with E-state index in [9.17, 15) is 13.2 Å². The molecule has 25 heavy (non-hydrogen) atoms. The summed E-state index contributed by atoms with van der Waals surface area (Å²) in [4.78, 5) is 14.3. The van der Waals surface area contributed by atoms with Crippen molar-refractivity contribution in [1.29, 1.82) is 0 Å². The van der Waals surface area contributed by atoms with E-state index < -0.39 is 10.0 Å². The lowest BCUT2D eigenvalue weighted by Crippen LogP contribution is -2.46. The van der Waals surface area contributed by atoms with Crippen LogP contribution in [-0.2, 0) is 14.8 Å². The molecular weight excluding hydrogens is 358 g/mol. The molecular formula is C17H27N3O3S2. The van der Waals surface area contributed by atoms with Gasteiger partial charge in [0.05, 0.1) is 0 Å². The van der Waals surface area contributed by atoms with Crippen LogP contribution < -0.4 is 10.0 Å². The zero-order valence-corrected chi connectivity index (χ0v) is 16.1. The minimum atomic E-state index is -3.42. The van der Waals surface area contributed by atoms with Crippen molar-refractivity contribution in [3.05, 3.63) is 17.5 Å². The van der Waals surface area contributed by atoms with Crippen molar-refractivity contribution in [1.82, 2.24) is 14.9 Å². The van der Waals surface area contributed by atoms with Crippen LogP contribution in [0.3, 0.4) is 0 Å². The number of sulfonamides is 1. The monoisotopic (exact) mass is 385 g/mol. The summed E-state index contributed by atoms with van der Waals surface area (Å²) in [6.07, 6.45) is 5.30. The lowest BCUT2D eigenvalue weighted by molar-refractivity contribution is -0.132. The fraction of sp³-hybridized carbons (Fsp3) is 0.706. The molecule has 2 aliphatic heterocycles. The van der Waals surface area contributed by atoms with Gasteiger partial charge < -0.3 is 10.2 Å². The molecule has 1 aromatic rings. The normalized spacial score (nSPS) is 20.7. The third kappa shape index (κ3) is 5.26. The van der Waals surface area contributed by atoms with Crippen LogP contribution in [0.4, 0.5) is 0 Å². The number of piperidine rings is 2. The Morgan fingerprint density at radius 1 is 1.24 bits per heavy atom. The number of carbonyl (C=O) groups is 1. The van der Waals surface area contributed by atoms with Gasteiger partial charge in [0.25, 0.3) is 0 Å². The van der Waals surface area contributed by atoms with E-state index in [1.807, 2.05) is 4.90 Å². The van der Waals surface area contributed by atoms with Gasteiger partial charge in [-0.05, 0) is 62.6 Å². The fourth-order valence-corrected chi connectivity index (χ4v) is 5.91. The average Bonchev–Trinajstić information content (AvgIpc) is 3.17. The summed E-state index contributed by atoms with van der Waals surface area (Å²) in [5.74, 6) is 0.887. The molecule has 0 spiro atoms. The van der Waals surface area contributed by atoms with Gasteiger partial charge in [-0.15, -0.1) is 11.3 Å². The molecule has 6 nitrogen and oxygen atoms in total. The lowest BCUT2D eigenvalue weighted by Gasteiger charge is -2.32. The van der Waals surface area contributed by atoms with Crippen molar-refractivity contribution in [2.75, 3.05) is 26.2 Å². The number of rotatable bonds is 6. The highest BCUT2D eigenvalue weighted by Gasteiger charge is 2.27. The van der Waals surface area contributed by atoms with Gasteiger partial charge in [-0.3, -0.25) is 4.79 Å². The molecule has 0 bridgehead atoms. The largest absolute Gasteiger partial charge is 0.343 e. The van der Waals surface area contributed by atoms with E-state index in [4.69, 9.17) is 0 Å². The van der Waals surface area contributed by atoms with Crippen LogP contribution in [0.1, 0.15) is 38.5 Å². The Labute approximate surface area is 154 Å². The molecule has 3 rings (SSSR count). The number of hydrogen-bond donors (Lipinski definition) is 2. The first-order chi connectivity index (χ1) is 12.0. The first-order valence-electron chi connectivity index (χ1n) is 9.09. The molecule has 140 valence electrons.